The van der Waals surface area contributed by atoms with Crippen LogP contribution in [0, 0.1) is 24.0 Å². The molecule has 10 heteroatoms. The molecule has 194 valence electrons. The summed E-state index contributed by atoms with van der Waals surface area (Å²) in [7, 11) is 1.30. The number of non-ortho nitro benzene ring substituents is 1. The number of methoxy groups -OCH3 is 1. The molecule has 0 unspecified atom stereocenters. The Morgan fingerprint density at radius 3 is 2.42 bits per heavy atom. The highest BCUT2D eigenvalue weighted by Gasteiger charge is 2.17. The fraction of sp³-hybridized carbons (Fsp3) is 0.143. The molecule has 0 bridgehead atoms. The van der Waals surface area contributed by atoms with E-state index in [4.69, 9.17) is 13.9 Å². The number of carbonyl (C=O) groups is 2. The molecule has 4 rings (SSSR count). The molecule has 1 amide bonds. The third-order valence-electron chi connectivity index (χ3n) is 5.47. The van der Waals surface area contributed by atoms with Gasteiger partial charge in [0.25, 0.3) is 11.6 Å². The summed E-state index contributed by atoms with van der Waals surface area (Å²) in [6.45, 7) is 3.81. The Morgan fingerprint density at radius 2 is 1.71 bits per heavy atom. The molecule has 3 aromatic carbocycles. The van der Waals surface area contributed by atoms with Gasteiger partial charge in [-0.25, -0.2) is 4.79 Å². The van der Waals surface area contributed by atoms with E-state index in [2.05, 4.69) is 10.1 Å². The number of furan rings is 1. The van der Waals surface area contributed by atoms with Gasteiger partial charge in [-0.2, -0.15) is 0 Å². The minimum Gasteiger partial charge on any atom is -0.486 e. The molecular weight excluding hydrogens is 492 g/mol. The molecule has 1 aromatic heterocycles. The molecule has 38 heavy (non-hydrogen) atoms. The lowest BCUT2D eigenvalue weighted by atomic mass is 10.1. The summed E-state index contributed by atoms with van der Waals surface area (Å²) in [6, 6.07) is 19.1. The molecule has 4 aromatic rings. The van der Waals surface area contributed by atoms with E-state index in [0.717, 1.165) is 11.1 Å². The van der Waals surface area contributed by atoms with E-state index in [1.54, 1.807) is 30.3 Å². The second-order valence-corrected chi connectivity index (χ2v) is 8.37. The van der Waals surface area contributed by atoms with Gasteiger partial charge in [0.1, 0.15) is 29.6 Å². The highest BCUT2D eigenvalue weighted by Crippen LogP contribution is 2.32. The van der Waals surface area contributed by atoms with E-state index in [9.17, 15) is 19.7 Å². The van der Waals surface area contributed by atoms with Crippen LogP contribution in [0.1, 0.15) is 37.8 Å². The van der Waals surface area contributed by atoms with Gasteiger partial charge >= 0.3 is 5.97 Å². The normalized spacial score (nSPS) is 10.5. The Hall–Kier alpha value is -5.12. The second kappa shape index (κ2) is 11.3. The second-order valence-electron chi connectivity index (χ2n) is 8.37. The average molecular weight is 517 g/mol. The van der Waals surface area contributed by atoms with Crippen LogP contribution in [0.4, 0.5) is 11.4 Å². The number of amides is 1. The van der Waals surface area contributed by atoms with Gasteiger partial charge in [-0.1, -0.05) is 12.1 Å². The van der Waals surface area contributed by atoms with Crippen LogP contribution < -0.4 is 14.8 Å². The fourth-order valence-corrected chi connectivity index (χ4v) is 3.49. The fourth-order valence-electron chi connectivity index (χ4n) is 3.49. The third kappa shape index (κ3) is 6.35. The monoisotopic (exact) mass is 516 g/mol. The van der Waals surface area contributed by atoms with Crippen molar-refractivity contribution in [3.05, 3.63) is 111 Å². The molecular formula is C28H24N2O8. The summed E-state index contributed by atoms with van der Waals surface area (Å²) in [4.78, 5) is 35.2. The van der Waals surface area contributed by atoms with Crippen molar-refractivity contribution in [2.75, 3.05) is 12.4 Å². The number of anilines is 1. The lowest BCUT2D eigenvalue weighted by Crippen LogP contribution is -2.11. The van der Waals surface area contributed by atoms with E-state index >= 15 is 0 Å². The molecule has 0 saturated heterocycles. The number of hydrogen-bond donors (Lipinski definition) is 1. The van der Waals surface area contributed by atoms with Gasteiger partial charge in [0.2, 0.25) is 0 Å². The predicted molar refractivity (Wildman–Crippen MR) is 138 cm³/mol. The van der Waals surface area contributed by atoms with Gasteiger partial charge in [-0.3, -0.25) is 14.9 Å². The lowest BCUT2D eigenvalue weighted by molar-refractivity contribution is -0.384. The summed E-state index contributed by atoms with van der Waals surface area (Å²) < 4.78 is 21.8. The van der Waals surface area contributed by atoms with Crippen molar-refractivity contribution in [3.63, 3.8) is 0 Å². The summed E-state index contributed by atoms with van der Waals surface area (Å²) in [5.41, 5.74) is 2.15. The first-order valence-electron chi connectivity index (χ1n) is 11.5. The lowest BCUT2D eigenvalue weighted by Gasteiger charge is -2.11. The number of hydrogen-bond acceptors (Lipinski definition) is 8. The van der Waals surface area contributed by atoms with Crippen molar-refractivity contribution >= 4 is 23.3 Å². The Balaban J connectivity index is 1.44. The number of nitro benzene ring substituents is 1. The predicted octanol–water partition coefficient (Wildman–Crippen LogP) is 6.21. The molecule has 1 heterocycles. The number of nitrogens with one attached hydrogen (secondary N) is 1. The molecule has 0 radical (unpaired) electrons. The number of carbonyl (C=O) groups excluding carboxylic acids is 2. The number of benzene rings is 3. The van der Waals surface area contributed by atoms with Crippen molar-refractivity contribution in [3.8, 4) is 17.2 Å². The van der Waals surface area contributed by atoms with Crippen LogP contribution >= 0.6 is 0 Å². The van der Waals surface area contributed by atoms with E-state index in [-0.39, 0.29) is 29.5 Å². The molecule has 0 spiro atoms. The van der Waals surface area contributed by atoms with Crippen LogP contribution in [-0.4, -0.2) is 23.9 Å². The largest absolute Gasteiger partial charge is 0.486 e. The summed E-state index contributed by atoms with van der Waals surface area (Å²) in [5.74, 6) is 0.572. The zero-order valence-corrected chi connectivity index (χ0v) is 20.8. The van der Waals surface area contributed by atoms with Crippen molar-refractivity contribution in [2.45, 2.75) is 20.5 Å². The summed E-state index contributed by atoms with van der Waals surface area (Å²) in [5, 5.41) is 14.1. The SMILES string of the molecule is COC(=O)c1ccc(OCc2ccc(C(=O)Nc3cc(Oc4cc(C)ccc4C)cc([N+](=O)[O-])c3)o2)cc1. The average Bonchev–Trinajstić information content (AvgIpc) is 3.38. The maximum Gasteiger partial charge on any atom is 0.337 e. The topological polar surface area (TPSA) is 130 Å². The van der Waals surface area contributed by atoms with Crippen molar-refractivity contribution in [1.29, 1.82) is 0 Å². The van der Waals surface area contributed by atoms with Gasteiger partial charge < -0.3 is 23.9 Å². The van der Waals surface area contributed by atoms with Gasteiger partial charge in [0.05, 0.1) is 29.4 Å². The first kappa shape index (κ1) is 26.0. The Morgan fingerprint density at radius 1 is 0.947 bits per heavy atom. The molecule has 0 fully saturated rings. The first-order chi connectivity index (χ1) is 18.2. The van der Waals surface area contributed by atoms with Crippen LogP contribution in [0.3, 0.4) is 0 Å². The van der Waals surface area contributed by atoms with E-state index in [1.165, 1.54) is 31.4 Å². The molecule has 1 N–H and O–H groups in total. The van der Waals surface area contributed by atoms with Crippen LogP contribution in [0.2, 0.25) is 0 Å². The Bertz CT molecular complexity index is 1490. The number of esters is 1. The van der Waals surface area contributed by atoms with Crippen LogP contribution in [-0.2, 0) is 11.3 Å². The van der Waals surface area contributed by atoms with Gasteiger partial charge in [0, 0.05) is 12.1 Å². The molecule has 0 aliphatic rings. The zero-order chi connectivity index (χ0) is 27.2. The molecule has 10 nitrogen and oxygen atoms in total. The molecule has 0 atom stereocenters. The van der Waals surface area contributed by atoms with Gasteiger partial charge in [0.15, 0.2) is 5.76 Å². The number of nitrogens with zero attached hydrogens (tertiary/aromatic N) is 1. The number of nitro groups is 1. The minimum absolute atomic E-state index is 0.00635. The maximum absolute atomic E-state index is 12.8. The Labute approximate surface area is 217 Å². The van der Waals surface area contributed by atoms with Gasteiger partial charge in [-0.05, 0) is 67.4 Å². The third-order valence-corrected chi connectivity index (χ3v) is 5.47. The Kier molecular flexibility index (Phi) is 7.72. The molecule has 0 aliphatic carbocycles. The van der Waals surface area contributed by atoms with Crippen LogP contribution in [0.15, 0.2) is 77.2 Å². The summed E-state index contributed by atoms with van der Waals surface area (Å²) in [6.07, 6.45) is 0. The standard InChI is InChI=1S/C28H24N2O8/c1-17-4-5-18(2)26(12-17)38-24-14-20(13-21(15-24)30(33)34)29-27(31)25-11-10-23(37-25)16-36-22-8-6-19(7-9-22)28(32)35-3/h4-15H,16H2,1-3H3,(H,29,31). The van der Waals surface area contributed by atoms with E-state index in [0.29, 0.717) is 22.8 Å². The van der Waals surface area contributed by atoms with Crippen LogP contribution in [0.5, 0.6) is 17.2 Å². The zero-order valence-electron chi connectivity index (χ0n) is 20.8. The van der Waals surface area contributed by atoms with Crippen molar-refractivity contribution in [1.82, 2.24) is 0 Å². The van der Waals surface area contributed by atoms with Crippen molar-refractivity contribution < 1.29 is 33.1 Å². The number of rotatable bonds is 9. The van der Waals surface area contributed by atoms with Crippen LogP contribution in [0.25, 0.3) is 0 Å². The van der Waals surface area contributed by atoms with E-state index in [1.807, 2.05) is 32.0 Å². The number of ether oxygens (including phenoxy) is 3. The number of aryl methyl sites for hydroxylation is 2. The smallest absolute Gasteiger partial charge is 0.337 e. The first-order valence-corrected chi connectivity index (χ1v) is 11.5. The highest BCUT2D eigenvalue weighted by atomic mass is 16.6. The summed E-state index contributed by atoms with van der Waals surface area (Å²) >= 11 is 0. The minimum atomic E-state index is -0.600. The molecule has 0 saturated carbocycles. The van der Waals surface area contributed by atoms with Gasteiger partial charge in [-0.15, -0.1) is 0 Å². The molecule has 0 aliphatic heterocycles. The van der Waals surface area contributed by atoms with E-state index < -0.39 is 16.8 Å². The highest BCUT2D eigenvalue weighted by molar-refractivity contribution is 6.02. The maximum atomic E-state index is 12.8. The quantitative estimate of drug-likeness (QED) is 0.158. The van der Waals surface area contributed by atoms with Crippen molar-refractivity contribution in [2.24, 2.45) is 0 Å².